The Hall–Kier alpha value is -1.79. The molecule has 5 nitrogen and oxygen atoms in total. The minimum absolute atomic E-state index is 0.130. The lowest BCUT2D eigenvalue weighted by atomic mass is 10.00. The summed E-state index contributed by atoms with van der Waals surface area (Å²) in [6, 6.07) is 3.89. The summed E-state index contributed by atoms with van der Waals surface area (Å²) in [5.41, 5.74) is 3.38. The fourth-order valence-corrected chi connectivity index (χ4v) is 3.59. The summed E-state index contributed by atoms with van der Waals surface area (Å²) in [6.45, 7) is 8.50. The summed E-state index contributed by atoms with van der Waals surface area (Å²) in [6.07, 6.45) is 3.69. The smallest absolute Gasteiger partial charge is 0.270 e. The summed E-state index contributed by atoms with van der Waals surface area (Å²) in [7, 11) is 0. The van der Waals surface area contributed by atoms with E-state index in [0.29, 0.717) is 11.6 Å². The third-order valence-electron chi connectivity index (χ3n) is 4.52. The molecule has 1 aromatic rings. The fourth-order valence-electron chi connectivity index (χ4n) is 3.14. The summed E-state index contributed by atoms with van der Waals surface area (Å²) in [5, 5.41) is 2.97. The number of anilines is 1. The van der Waals surface area contributed by atoms with Crippen molar-refractivity contribution in [2.45, 2.75) is 53.1 Å². The van der Waals surface area contributed by atoms with Crippen LogP contribution in [0.1, 0.15) is 45.2 Å². The van der Waals surface area contributed by atoms with Gasteiger partial charge in [-0.1, -0.05) is 38.4 Å². The monoisotopic (exact) mass is 407 g/mol. The van der Waals surface area contributed by atoms with Crippen LogP contribution in [0.3, 0.4) is 0 Å². The first-order chi connectivity index (χ1) is 12.8. The molecular formula is C20H26ClN3O2S. The van der Waals surface area contributed by atoms with Gasteiger partial charge < -0.3 is 10.2 Å². The SMILES string of the molecule is CCCNC(=O)C1=NC(C)N(c2c(CC)ccc(Cl)c2CC)C=C1C(=O)S. The average Bonchev–Trinajstić information content (AvgIpc) is 2.65. The summed E-state index contributed by atoms with van der Waals surface area (Å²) >= 11 is 10.4. The van der Waals surface area contributed by atoms with E-state index in [2.05, 4.69) is 29.9 Å². The van der Waals surface area contributed by atoms with E-state index in [-0.39, 0.29) is 23.4 Å². The number of halogens is 1. The molecule has 1 N–H and O–H groups in total. The second kappa shape index (κ2) is 9.42. The highest BCUT2D eigenvalue weighted by molar-refractivity contribution is 7.97. The number of thiol groups is 1. The molecule has 0 bridgehead atoms. The number of amides is 1. The van der Waals surface area contributed by atoms with Gasteiger partial charge in [-0.25, -0.2) is 0 Å². The molecule has 0 aliphatic carbocycles. The minimum atomic E-state index is -0.490. The van der Waals surface area contributed by atoms with Crippen LogP contribution in [-0.4, -0.2) is 29.4 Å². The molecule has 1 amide bonds. The number of benzene rings is 1. The molecule has 1 aliphatic heterocycles. The van der Waals surface area contributed by atoms with E-state index in [1.54, 1.807) is 6.20 Å². The van der Waals surface area contributed by atoms with Gasteiger partial charge in [-0.2, -0.15) is 0 Å². The van der Waals surface area contributed by atoms with Crippen molar-refractivity contribution in [3.8, 4) is 0 Å². The maximum Gasteiger partial charge on any atom is 0.270 e. The van der Waals surface area contributed by atoms with Crippen molar-refractivity contribution in [1.82, 2.24) is 5.32 Å². The van der Waals surface area contributed by atoms with E-state index in [1.165, 1.54) is 0 Å². The van der Waals surface area contributed by atoms with Crippen LogP contribution in [0.15, 0.2) is 28.9 Å². The lowest BCUT2D eigenvalue weighted by Gasteiger charge is -2.33. The quantitative estimate of drug-likeness (QED) is 0.673. The predicted molar refractivity (Wildman–Crippen MR) is 115 cm³/mol. The lowest BCUT2D eigenvalue weighted by Crippen LogP contribution is -2.41. The van der Waals surface area contributed by atoms with E-state index < -0.39 is 5.12 Å². The Kier molecular flexibility index (Phi) is 7.50. The number of nitrogens with zero attached hydrogens (tertiary/aromatic N) is 2. The first-order valence-corrected chi connectivity index (χ1v) is 10.1. The van der Waals surface area contributed by atoms with Crippen LogP contribution in [0, 0.1) is 0 Å². The van der Waals surface area contributed by atoms with Crippen molar-refractivity contribution >= 4 is 46.7 Å². The predicted octanol–water partition coefficient (Wildman–Crippen LogP) is 3.94. The van der Waals surface area contributed by atoms with Gasteiger partial charge in [-0.3, -0.25) is 14.6 Å². The highest BCUT2D eigenvalue weighted by atomic mass is 35.5. The van der Waals surface area contributed by atoms with Gasteiger partial charge >= 0.3 is 0 Å². The zero-order valence-corrected chi connectivity index (χ0v) is 17.8. The molecule has 0 fully saturated rings. The van der Waals surface area contributed by atoms with Crippen LogP contribution in [0.4, 0.5) is 5.69 Å². The molecule has 0 saturated heterocycles. The number of nitrogens with one attached hydrogen (secondary N) is 1. The topological polar surface area (TPSA) is 61.8 Å². The van der Waals surface area contributed by atoms with E-state index in [9.17, 15) is 9.59 Å². The van der Waals surface area contributed by atoms with Crippen molar-refractivity contribution in [2.75, 3.05) is 11.4 Å². The van der Waals surface area contributed by atoms with Crippen LogP contribution < -0.4 is 10.2 Å². The lowest BCUT2D eigenvalue weighted by molar-refractivity contribution is -0.115. The summed E-state index contributed by atoms with van der Waals surface area (Å²) in [5.74, 6) is -0.352. The standard InChI is InChI=1S/C20H26ClN3O2S/c1-5-10-22-19(25)17-15(20(26)27)11-24(12(4)23-17)18-13(6-2)8-9-16(21)14(18)7-3/h8-9,11-12H,5-7,10H2,1-4H3,(H,22,25)(H,26,27). The first-order valence-electron chi connectivity index (χ1n) is 9.25. The van der Waals surface area contributed by atoms with E-state index in [1.807, 2.05) is 37.8 Å². The molecule has 1 aromatic carbocycles. The Morgan fingerprint density at radius 3 is 2.52 bits per heavy atom. The molecule has 146 valence electrons. The van der Waals surface area contributed by atoms with Crippen molar-refractivity contribution in [2.24, 2.45) is 4.99 Å². The third-order valence-corrected chi connectivity index (χ3v) is 5.12. The van der Waals surface area contributed by atoms with E-state index in [4.69, 9.17) is 11.6 Å². The maximum absolute atomic E-state index is 12.5. The van der Waals surface area contributed by atoms with Crippen LogP contribution >= 0.6 is 24.2 Å². The first kappa shape index (κ1) is 21.5. The molecule has 0 radical (unpaired) electrons. The van der Waals surface area contributed by atoms with Crippen LogP contribution in [0.25, 0.3) is 0 Å². The van der Waals surface area contributed by atoms with E-state index in [0.717, 1.165) is 36.1 Å². The molecule has 0 aromatic heterocycles. The molecule has 0 spiro atoms. The molecular weight excluding hydrogens is 382 g/mol. The zero-order valence-electron chi connectivity index (χ0n) is 16.2. The van der Waals surface area contributed by atoms with Crippen LogP contribution in [0.2, 0.25) is 5.02 Å². The van der Waals surface area contributed by atoms with Gasteiger partial charge in [0.25, 0.3) is 5.91 Å². The number of hydrogen-bond donors (Lipinski definition) is 2. The zero-order chi connectivity index (χ0) is 20.1. The highest BCUT2D eigenvalue weighted by Gasteiger charge is 2.30. The largest absolute Gasteiger partial charge is 0.351 e. The van der Waals surface area contributed by atoms with Gasteiger partial charge in [0, 0.05) is 17.8 Å². The van der Waals surface area contributed by atoms with Crippen molar-refractivity contribution in [3.05, 3.63) is 40.1 Å². The van der Waals surface area contributed by atoms with Gasteiger partial charge in [0.15, 0.2) is 0 Å². The Morgan fingerprint density at radius 2 is 1.96 bits per heavy atom. The van der Waals surface area contributed by atoms with Crippen molar-refractivity contribution in [1.29, 1.82) is 0 Å². The van der Waals surface area contributed by atoms with Crippen LogP contribution in [0.5, 0.6) is 0 Å². The average molecular weight is 408 g/mol. The Bertz CT molecular complexity index is 805. The Morgan fingerprint density at radius 1 is 1.26 bits per heavy atom. The Balaban J connectivity index is 2.56. The number of hydrogen-bond acceptors (Lipinski definition) is 4. The fraction of sp³-hybridized carbons (Fsp3) is 0.450. The van der Waals surface area contributed by atoms with Crippen molar-refractivity contribution < 1.29 is 9.59 Å². The molecule has 1 atom stereocenters. The summed E-state index contributed by atoms with van der Waals surface area (Å²) < 4.78 is 0. The Labute approximate surface area is 171 Å². The van der Waals surface area contributed by atoms with E-state index >= 15 is 0 Å². The molecule has 27 heavy (non-hydrogen) atoms. The molecule has 0 saturated carbocycles. The van der Waals surface area contributed by atoms with Crippen LogP contribution in [-0.2, 0) is 22.4 Å². The van der Waals surface area contributed by atoms with Crippen molar-refractivity contribution in [3.63, 3.8) is 0 Å². The second-order valence-corrected chi connectivity index (χ2v) is 7.17. The minimum Gasteiger partial charge on any atom is -0.351 e. The number of carbonyl (C=O) groups is 2. The van der Waals surface area contributed by atoms with Gasteiger partial charge in [0.2, 0.25) is 5.12 Å². The number of rotatable bonds is 7. The highest BCUT2D eigenvalue weighted by Crippen LogP contribution is 2.36. The second-order valence-electron chi connectivity index (χ2n) is 6.36. The normalized spacial score (nSPS) is 16.7. The van der Waals surface area contributed by atoms with Gasteiger partial charge in [0.05, 0.1) is 11.3 Å². The van der Waals surface area contributed by atoms with Gasteiger partial charge in [-0.15, -0.1) is 12.6 Å². The number of carbonyl (C=O) groups excluding carboxylic acids is 2. The maximum atomic E-state index is 12.5. The summed E-state index contributed by atoms with van der Waals surface area (Å²) in [4.78, 5) is 31.0. The van der Waals surface area contributed by atoms with Gasteiger partial charge in [0.1, 0.15) is 11.9 Å². The molecule has 7 heteroatoms. The molecule has 1 aliphatic rings. The molecule has 1 unspecified atom stereocenters. The molecule has 1 heterocycles. The number of aryl methyl sites for hydroxylation is 1. The third kappa shape index (κ3) is 4.55. The number of aliphatic imine (C=N–C) groups is 1. The molecule has 2 rings (SSSR count). The van der Waals surface area contributed by atoms with Gasteiger partial charge in [-0.05, 0) is 43.4 Å².